The lowest BCUT2D eigenvalue weighted by Crippen LogP contribution is -2.19. The number of rotatable bonds is 1. The van der Waals surface area contributed by atoms with E-state index in [-0.39, 0.29) is 12.4 Å². The molecule has 8 heavy (non-hydrogen) atoms. The van der Waals surface area contributed by atoms with Crippen molar-refractivity contribution in [3.8, 4) is 0 Å². The molecule has 0 aromatic heterocycles. The highest BCUT2D eigenvalue weighted by Gasteiger charge is 2.26. The van der Waals surface area contributed by atoms with E-state index in [0.717, 1.165) is 0 Å². The van der Waals surface area contributed by atoms with Crippen LogP contribution < -0.4 is 5.90 Å². The van der Waals surface area contributed by atoms with E-state index in [2.05, 4.69) is 10.7 Å². The Labute approximate surface area is 50.2 Å². The second kappa shape index (κ2) is 3.94. The van der Waals surface area contributed by atoms with Crippen molar-refractivity contribution in [3.05, 3.63) is 0 Å². The van der Waals surface area contributed by atoms with E-state index >= 15 is 0 Å². The maximum atomic E-state index is 10.9. The maximum Gasteiger partial charge on any atom is 0.413 e. The van der Waals surface area contributed by atoms with Gasteiger partial charge in [0.15, 0.2) is 6.61 Å². The van der Waals surface area contributed by atoms with Crippen LogP contribution >= 0.6 is 12.4 Å². The van der Waals surface area contributed by atoms with Crippen molar-refractivity contribution in [2.75, 3.05) is 6.61 Å². The van der Waals surface area contributed by atoms with Crippen molar-refractivity contribution < 1.29 is 18.0 Å². The molecule has 2 N–H and O–H groups in total. The molecule has 0 heterocycles. The monoisotopic (exact) mass is 151 g/mol. The van der Waals surface area contributed by atoms with Gasteiger partial charge in [0.05, 0.1) is 0 Å². The Balaban J connectivity index is 0. The molecule has 0 saturated carbocycles. The van der Waals surface area contributed by atoms with Gasteiger partial charge < -0.3 is 0 Å². The molecule has 0 spiro atoms. The van der Waals surface area contributed by atoms with Gasteiger partial charge in [0, 0.05) is 0 Å². The highest BCUT2D eigenvalue weighted by molar-refractivity contribution is 5.85. The van der Waals surface area contributed by atoms with E-state index in [1.807, 2.05) is 0 Å². The Bertz CT molecular complexity index is 55.7. The zero-order valence-electron chi connectivity index (χ0n) is 3.73. The van der Waals surface area contributed by atoms with Gasteiger partial charge in [-0.1, -0.05) is 0 Å². The average Bonchev–Trinajstić information content (AvgIpc) is 1.30. The van der Waals surface area contributed by atoms with Crippen LogP contribution in [0.15, 0.2) is 0 Å². The summed E-state index contributed by atoms with van der Waals surface area (Å²) in [6.45, 7) is -1.38. The standard InChI is InChI=1S/C2H4F3NO.ClH/c3-2(4,5)1-7-6;/h1,6H2;1H. The lowest BCUT2D eigenvalue weighted by Gasteiger charge is -2.00. The number of halogens is 4. The molecule has 0 aliphatic heterocycles. The van der Waals surface area contributed by atoms with Crippen LogP contribution in [0.3, 0.4) is 0 Å². The topological polar surface area (TPSA) is 35.2 Å². The van der Waals surface area contributed by atoms with Gasteiger partial charge in [0.2, 0.25) is 0 Å². The quantitative estimate of drug-likeness (QED) is 0.564. The molecule has 0 bridgehead atoms. The van der Waals surface area contributed by atoms with E-state index < -0.39 is 12.8 Å². The normalized spacial score (nSPS) is 10.5. The third-order valence-corrected chi connectivity index (χ3v) is 0.247. The van der Waals surface area contributed by atoms with Gasteiger partial charge >= 0.3 is 6.18 Å². The molecule has 0 saturated heterocycles. The van der Waals surface area contributed by atoms with Crippen molar-refractivity contribution in [2.24, 2.45) is 5.90 Å². The second-order valence-corrected chi connectivity index (χ2v) is 0.926. The lowest BCUT2D eigenvalue weighted by atomic mass is 10.7. The largest absolute Gasteiger partial charge is 0.413 e. The Morgan fingerprint density at radius 3 is 1.75 bits per heavy atom. The van der Waals surface area contributed by atoms with Crippen LogP contribution in [0.2, 0.25) is 0 Å². The van der Waals surface area contributed by atoms with Crippen LogP contribution in [-0.2, 0) is 4.84 Å². The first-order valence-electron chi connectivity index (χ1n) is 1.44. The van der Waals surface area contributed by atoms with Crippen LogP contribution in [0.1, 0.15) is 0 Å². The zero-order chi connectivity index (χ0) is 5.91. The zero-order valence-corrected chi connectivity index (χ0v) is 4.55. The summed E-state index contributed by atoms with van der Waals surface area (Å²) in [6, 6.07) is 0. The van der Waals surface area contributed by atoms with Crippen molar-refractivity contribution >= 4 is 12.4 Å². The third-order valence-electron chi connectivity index (χ3n) is 0.247. The Hall–Kier alpha value is -0.0000000000000000555. The summed E-state index contributed by atoms with van der Waals surface area (Å²) in [7, 11) is 0. The van der Waals surface area contributed by atoms with Crippen LogP contribution in [0.25, 0.3) is 0 Å². The molecular weight excluding hydrogens is 146 g/mol. The Kier molecular flexibility index (Phi) is 5.36. The van der Waals surface area contributed by atoms with Gasteiger partial charge in [-0.25, -0.2) is 5.90 Å². The summed E-state index contributed by atoms with van der Waals surface area (Å²) in [5, 5.41) is 0. The molecule has 0 aromatic rings. The van der Waals surface area contributed by atoms with Crippen molar-refractivity contribution in [1.82, 2.24) is 0 Å². The summed E-state index contributed by atoms with van der Waals surface area (Å²) in [6.07, 6.45) is -4.30. The molecule has 0 atom stereocenters. The number of nitrogens with two attached hydrogens (primary N) is 1. The molecular formula is C2H5ClF3NO. The average molecular weight is 152 g/mol. The van der Waals surface area contributed by atoms with E-state index in [1.165, 1.54) is 0 Å². The summed E-state index contributed by atoms with van der Waals surface area (Å²) >= 11 is 0. The first-order valence-corrected chi connectivity index (χ1v) is 1.44. The highest BCUT2D eigenvalue weighted by Crippen LogP contribution is 2.12. The molecule has 0 amide bonds. The second-order valence-electron chi connectivity index (χ2n) is 0.926. The number of hydrogen-bond acceptors (Lipinski definition) is 2. The molecule has 0 radical (unpaired) electrons. The van der Waals surface area contributed by atoms with Crippen molar-refractivity contribution in [2.45, 2.75) is 6.18 Å². The Morgan fingerprint density at radius 2 is 1.75 bits per heavy atom. The van der Waals surface area contributed by atoms with Gasteiger partial charge in [-0.05, 0) is 0 Å². The van der Waals surface area contributed by atoms with Crippen molar-refractivity contribution in [3.63, 3.8) is 0 Å². The van der Waals surface area contributed by atoms with Gasteiger partial charge in [-0.15, -0.1) is 12.4 Å². The molecule has 0 aromatic carbocycles. The van der Waals surface area contributed by atoms with E-state index in [9.17, 15) is 13.2 Å². The minimum atomic E-state index is -4.30. The van der Waals surface area contributed by atoms with Crippen LogP contribution in [0.4, 0.5) is 13.2 Å². The van der Waals surface area contributed by atoms with Crippen molar-refractivity contribution in [1.29, 1.82) is 0 Å². The SMILES string of the molecule is Cl.NOCC(F)(F)F. The number of alkyl halides is 3. The molecule has 0 aliphatic rings. The van der Waals surface area contributed by atoms with Crippen LogP contribution in [0.5, 0.6) is 0 Å². The van der Waals surface area contributed by atoms with Crippen LogP contribution in [0, 0.1) is 0 Å². The van der Waals surface area contributed by atoms with Gasteiger partial charge in [0.1, 0.15) is 0 Å². The summed E-state index contributed by atoms with van der Waals surface area (Å²) < 4.78 is 32.6. The molecule has 0 aliphatic carbocycles. The first kappa shape index (κ1) is 10.9. The lowest BCUT2D eigenvalue weighted by molar-refractivity contribution is -0.174. The predicted octanol–water partition coefficient (Wildman–Crippen LogP) is 0.861. The minimum Gasteiger partial charge on any atom is -0.295 e. The summed E-state index contributed by atoms with van der Waals surface area (Å²) in [5.74, 6) is 4.09. The fourth-order valence-corrected chi connectivity index (χ4v) is 0.0945. The molecule has 2 nitrogen and oxygen atoms in total. The molecule has 0 rings (SSSR count). The predicted molar refractivity (Wildman–Crippen MR) is 23.4 cm³/mol. The van der Waals surface area contributed by atoms with Gasteiger partial charge in [-0.3, -0.25) is 4.84 Å². The van der Waals surface area contributed by atoms with E-state index in [0.29, 0.717) is 0 Å². The molecule has 52 valence electrons. The number of hydrogen-bond donors (Lipinski definition) is 1. The van der Waals surface area contributed by atoms with E-state index in [4.69, 9.17) is 0 Å². The summed E-state index contributed by atoms with van der Waals surface area (Å²) in [5.41, 5.74) is 0. The third kappa shape index (κ3) is 9.38. The van der Waals surface area contributed by atoms with Crippen LogP contribution in [-0.4, -0.2) is 12.8 Å². The fourth-order valence-electron chi connectivity index (χ4n) is 0.0945. The van der Waals surface area contributed by atoms with Gasteiger partial charge in [0.25, 0.3) is 0 Å². The fraction of sp³-hybridized carbons (Fsp3) is 1.00. The highest BCUT2D eigenvalue weighted by atomic mass is 35.5. The molecule has 0 fully saturated rings. The Morgan fingerprint density at radius 1 is 1.38 bits per heavy atom. The van der Waals surface area contributed by atoms with Gasteiger partial charge in [-0.2, -0.15) is 13.2 Å². The maximum absolute atomic E-state index is 10.9. The smallest absolute Gasteiger partial charge is 0.295 e. The molecule has 0 unspecified atom stereocenters. The van der Waals surface area contributed by atoms with E-state index in [1.54, 1.807) is 0 Å². The molecule has 6 heteroatoms. The first-order chi connectivity index (χ1) is 3.06. The minimum absolute atomic E-state index is 0. The summed E-state index contributed by atoms with van der Waals surface area (Å²) in [4.78, 5) is 3.28.